The van der Waals surface area contributed by atoms with E-state index in [9.17, 15) is 9.18 Å². The van der Waals surface area contributed by atoms with Crippen LogP contribution >= 0.6 is 11.6 Å². The minimum Gasteiger partial charge on any atom is -0.351 e. The number of carbonyl (C=O) groups excluding carboxylic acids is 1. The van der Waals surface area contributed by atoms with Crippen molar-refractivity contribution in [3.8, 4) is 0 Å². The van der Waals surface area contributed by atoms with Crippen molar-refractivity contribution in [2.24, 2.45) is 5.73 Å². The summed E-state index contributed by atoms with van der Waals surface area (Å²) in [6, 6.07) is 13.7. The van der Waals surface area contributed by atoms with Gasteiger partial charge < -0.3 is 11.1 Å². The van der Waals surface area contributed by atoms with Gasteiger partial charge in [-0.15, -0.1) is 0 Å². The zero-order valence-electron chi connectivity index (χ0n) is 11.4. The van der Waals surface area contributed by atoms with Crippen molar-refractivity contribution < 1.29 is 9.18 Å². The summed E-state index contributed by atoms with van der Waals surface area (Å²) in [4.78, 5) is 12.2. The molecule has 0 saturated heterocycles. The van der Waals surface area contributed by atoms with Crippen molar-refractivity contribution >= 4 is 17.5 Å². The second kappa shape index (κ2) is 7.20. The number of amides is 1. The molecule has 0 aliphatic heterocycles. The highest BCUT2D eigenvalue weighted by Gasteiger charge is 2.18. The molecule has 1 amide bonds. The number of hydrogen-bond donors (Lipinski definition) is 2. The summed E-state index contributed by atoms with van der Waals surface area (Å²) < 4.78 is 13.1. The van der Waals surface area contributed by atoms with E-state index >= 15 is 0 Å². The van der Waals surface area contributed by atoms with Gasteiger partial charge in [-0.2, -0.15) is 0 Å². The van der Waals surface area contributed by atoms with Crippen molar-refractivity contribution in [3.05, 3.63) is 70.5 Å². The number of hydrogen-bond acceptors (Lipinski definition) is 2. The van der Waals surface area contributed by atoms with Gasteiger partial charge in [0.05, 0.1) is 10.9 Å². The Hall–Kier alpha value is -1.91. The third-order valence-corrected chi connectivity index (χ3v) is 3.49. The van der Waals surface area contributed by atoms with Crippen LogP contribution in [0, 0.1) is 5.82 Å². The second-order valence-corrected chi connectivity index (χ2v) is 5.07. The fourth-order valence-corrected chi connectivity index (χ4v) is 2.24. The molecule has 3 nitrogen and oxygen atoms in total. The summed E-state index contributed by atoms with van der Waals surface area (Å²) in [6.07, 6.45) is 0. The first-order valence-electron chi connectivity index (χ1n) is 6.58. The molecule has 3 N–H and O–H groups in total. The van der Waals surface area contributed by atoms with Crippen LogP contribution in [-0.2, 0) is 11.3 Å². The van der Waals surface area contributed by atoms with Gasteiger partial charge in [0.2, 0.25) is 5.91 Å². The lowest BCUT2D eigenvalue weighted by molar-refractivity contribution is -0.122. The molecule has 0 aliphatic carbocycles. The molecule has 0 aliphatic rings. The Kier molecular flexibility index (Phi) is 5.31. The molecule has 5 heteroatoms. The lowest BCUT2D eigenvalue weighted by Crippen LogP contribution is -2.33. The number of nitrogens with one attached hydrogen (secondary N) is 1. The Morgan fingerprint density at radius 1 is 1.24 bits per heavy atom. The van der Waals surface area contributed by atoms with Crippen LogP contribution in [-0.4, -0.2) is 12.5 Å². The van der Waals surface area contributed by atoms with E-state index in [-0.39, 0.29) is 24.0 Å². The molecule has 0 saturated carbocycles. The van der Waals surface area contributed by atoms with Crippen LogP contribution in [0.3, 0.4) is 0 Å². The Morgan fingerprint density at radius 3 is 2.57 bits per heavy atom. The molecule has 0 radical (unpaired) electrons. The predicted molar refractivity (Wildman–Crippen MR) is 81.5 cm³/mol. The highest BCUT2D eigenvalue weighted by atomic mass is 35.5. The van der Waals surface area contributed by atoms with E-state index in [1.165, 1.54) is 12.1 Å². The molecule has 1 atom stereocenters. The van der Waals surface area contributed by atoms with Crippen LogP contribution in [0.5, 0.6) is 0 Å². The molecule has 21 heavy (non-hydrogen) atoms. The molecule has 110 valence electrons. The maximum atomic E-state index is 13.1. The van der Waals surface area contributed by atoms with E-state index in [0.29, 0.717) is 0 Å². The van der Waals surface area contributed by atoms with Gasteiger partial charge in [-0.05, 0) is 23.3 Å². The molecule has 0 spiro atoms. The molecular formula is C16H16ClFN2O. The van der Waals surface area contributed by atoms with Gasteiger partial charge >= 0.3 is 0 Å². The summed E-state index contributed by atoms with van der Waals surface area (Å²) in [6.45, 7) is 0.502. The van der Waals surface area contributed by atoms with Gasteiger partial charge in [-0.3, -0.25) is 4.79 Å². The van der Waals surface area contributed by atoms with Gasteiger partial charge in [0.1, 0.15) is 5.82 Å². The fourth-order valence-electron chi connectivity index (χ4n) is 2.04. The molecule has 0 fully saturated rings. The topological polar surface area (TPSA) is 55.1 Å². The number of halogens is 2. The van der Waals surface area contributed by atoms with Crippen molar-refractivity contribution in [2.75, 3.05) is 6.54 Å². The molecule has 0 bridgehead atoms. The third kappa shape index (κ3) is 4.03. The summed E-state index contributed by atoms with van der Waals surface area (Å²) in [5.41, 5.74) is 7.29. The normalized spacial score (nSPS) is 12.0. The van der Waals surface area contributed by atoms with Crippen LogP contribution < -0.4 is 11.1 Å². The van der Waals surface area contributed by atoms with Gasteiger partial charge in [0.25, 0.3) is 0 Å². The Balaban J connectivity index is 2.01. The standard InChI is InChI=1S/C16H16ClFN2O/c17-14-8-11(6-7-15(14)18)10-20-16(21)13(9-19)12-4-2-1-3-5-12/h1-8,13H,9-10,19H2,(H,20,21). The molecule has 2 aromatic rings. The van der Waals surface area contributed by atoms with E-state index in [0.717, 1.165) is 11.1 Å². The lowest BCUT2D eigenvalue weighted by Gasteiger charge is -2.15. The number of rotatable bonds is 5. The van der Waals surface area contributed by atoms with Crippen molar-refractivity contribution in [2.45, 2.75) is 12.5 Å². The van der Waals surface area contributed by atoms with Crippen LogP contribution in [0.1, 0.15) is 17.0 Å². The second-order valence-electron chi connectivity index (χ2n) is 4.67. The van der Waals surface area contributed by atoms with Crippen molar-refractivity contribution in [1.29, 1.82) is 0 Å². The molecule has 2 aromatic carbocycles. The highest BCUT2D eigenvalue weighted by Crippen LogP contribution is 2.17. The van der Waals surface area contributed by atoms with E-state index in [2.05, 4.69) is 5.32 Å². The Bertz CT molecular complexity index is 619. The fraction of sp³-hybridized carbons (Fsp3) is 0.188. The molecule has 0 heterocycles. The average Bonchev–Trinajstić information content (AvgIpc) is 2.50. The number of nitrogens with two attached hydrogens (primary N) is 1. The summed E-state index contributed by atoms with van der Waals surface area (Å²) in [7, 11) is 0. The first kappa shape index (κ1) is 15.5. The summed E-state index contributed by atoms with van der Waals surface area (Å²) >= 11 is 5.71. The quantitative estimate of drug-likeness (QED) is 0.892. The van der Waals surface area contributed by atoms with E-state index < -0.39 is 11.7 Å². The van der Waals surface area contributed by atoms with E-state index in [1.807, 2.05) is 30.3 Å². The Morgan fingerprint density at radius 2 is 1.95 bits per heavy atom. The maximum absolute atomic E-state index is 13.1. The maximum Gasteiger partial charge on any atom is 0.229 e. The van der Waals surface area contributed by atoms with Crippen LogP contribution in [0.2, 0.25) is 5.02 Å². The Labute approximate surface area is 127 Å². The predicted octanol–water partition coefficient (Wildman–Crippen LogP) is 2.84. The van der Waals surface area contributed by atoms with Gasteiger partial charge in [-0.1, -0.05) is 48.0 Å². The van der Waals surface area contributed by atoms with Crippen LogP contribution in [0.15, 0.2) is 48.5 Å². The minimum atomic E-state index is -0.476. The zero-order valence-corrected chi connectivity index (χ0v) is 12.1. The van der Waals surface area contributed by atoms with Gasteiger partial charge in [0.15, 0.2) is 0 Å². The van der Waals surface area contributed by atoms with E-state index in [4.69, 9.17) is 17.3 Å². The SMILES string of the molecule is NCC(C(=O)NCc1ccc(F)c(Cl)c1)c1ccccc1. The first-order chi connectivity index (χ1) is 10.1. The summed E-state index contributed by atoms with van der Waals surface area (Å²) in [5, 5.41) is 2.84. The largest absolute Gasteiger partial charge is 0.351 e. The number of benzene rings is 2. The van der Waals surface area contributed by atoms with Crippen LogP contribution in [0.4, 0.5) is 4.39 Å². The molecule has 1 unspecified atom stereocenters. The van der Waals surface area contributed by atoms with E-state index in [1.54, 1.807) is 6.07 Å². The first-order valence-corrected chi connectivity index (χ1v) is 6.96. The highest BCUT2D eigenvalue weighted by molar-refractivity contribution is 6.30. The summed E-state index contributed by atoms with van der Waals surface area (Å²) in [5.74, 6) is -1.04. The zero-order chi connectivity index (χ0) is 15.2. The molecular weight excluding hydrogens is 291 g/mol. The average molecular weight is 307 g/mol. The van der Waals surface area contributed by atoms with Crippen molar-refractivity contribution in [1.82, 2.24) is 5.32 Å². The minimum absolute atomic E-state index is 0.0418. The van der Waals surface area contributed by atoms with Gasteiger partial charge in [0, 0.05) is 13.1 Å². The van der Waals surface area contributed by atoms with Gasteiger partial charge in [-0.25, -0.2) is 4.39 Å². The van der Waals surface area contributed by atoms with Crippen LogP contribution in [0.25, 0.3) is 0 Å². The molecule has 2 rings (SSSR count). The third-order valence-electron chi connectivity index (χ3n) is 3.20. The smallest absolute Gasteiger partial charge is 0.229 e. The monoisotopic (exact) mass is 306 g/mol. The van der Waals surface area contributed by atoms with Crippen molar-refractivity contribution in [3.63, 3.8) is 0 Å². The molecule has 0 aromatic heterocycles. The number of carbonyl (C=O) groups is 1. The lowest BCUT2D eigenvalue weighted by atomic mass is 9.98.